The largest absolute Gasteiger partial charge is 0.504 e. The van der Waals surface area contributed by atoms with Crippen molar-refractivity contribution in [3.63, 3.8) is 0 Å². The Labute approximate surface area is 242 Å². The minimum Gasteiger partial charge on any atom is -0.504 e. The van der Waals surface area contributed by atoms with Gasteiger partial charge in [0.25, 0.3) is 0 Å². The molecule has 1 N–H and O–H groups in total. The average Bonchev–Trinajstić information content (AvgIpc) is 3.06. The van der Waals surface area contributed by atoms with Crippen LogP contribution in [0.25, 0.3) is 28.7 Å². The number of fused-ring (bicyclic) bond motifs is 3. The first-order valence-electron chi connectivity index (χ1n) is 13.1. The fraction of sp³-hybridized carbons (Fsp3) is 0.206. The van der Waals surface area contributed by atoms with Crippen molar-refractivity contribution in [2.75, 3.05) is 27.2 Å². The third-order valence-corrected chi connectivity index (χ3v) is 6.30. The summed E-state index contributed by atoms with van der Waals surface area (Å²) in [6.45, 7) is 5.35. The molecule has 1 aliphatic rings. The minimum atomic E-state index is -0.427. The number of allylic oxidation sites excluding steroid dienone is 1. The quantitative estimate of drug-likeness (QED) is 0.170. The third kappa shape index (κ3) is 7.98. The molecular formula is C34H36ClNO4. The van der Waals surface area contributed by atoms with Gasteiger partial charge in [0.2, 0.25) is 0 Å². The maximum absolute atomic E-state index is 11.1. The molecule has 208 valence electrons. The molecule has 0 spiro atoms. The lowest BCUT2D eigenvalue weighted by molar-refractivity contribution is 0.335. The van der Waals surface area contributed by atoms with Gasteiger partial charge in [-0.15, -0.1) is 12.4 Å². The minimum absolute atomic E-state index is 0. The van der Waals surface area contributed by atoms with E-state index in [0.717, 1.165) is 18.5 Å². The summed E-state index contributed by atoms with van der Waals surface area (Å²) in [5, 5.41) is 10.4. The van der Waals surface area contributed by atoms with Crippen LogP contribution in [0, 0.1) is 0 Å². The molecule has 6 heteroatoms. The van der Waals surface area contributed by atoms with Gasteiger partial charge in [-0.3, -0.25) is 0 Å². The highest BCUT2D eigenvalue weighted by atomic mass is 35.5. The molecular weight excluding hydrogens is 522 g/mol. The molecule has 1 aliphatic carbocycles. The first-order chi connectivity index (χ1) is 18.8. The van der Waals surface area contributed by atoms with Gasteiger partial charge in [0.1, 0.15) is 12.2 Å². The monoisotopic (exact) mass is 557 g/mol. The van der Waals surface area contributed by atoms with Crippen molar-refractivity contribution < 1.29 is 14.3 Å². The number of ether oxygens (including phenoxy) is 1. The van der Waals surface area contributed by atoms with Crippen LogP contribution in [0.5, 0.6) is 11.5 Å². The summed E-state index contributed by atoms with van der Waals surface area (Å²) in [5.74, 6) is 0.327. The van der Waals surface area contributed by atoms with Gasteiger partial charge >= 0.3 is 5.63 Å². The van der Waals surface area contributed by atoms with Crippen molar-refractivity contribution in [1.29, 1.82) is 0 Å². The van der Waals surface area contributed by atoms with E-state index in [0.29, 0.717) is 23.3 Å². The summed E-state index contributed by atoms with van der Waals surface area (Å²) in [4.78, 5) is 13.3. The number of nitrogens with zero attached hydrogens (tertiary/aromatic N) is 1. The highest BCUT2D eigenvalue weighted by Gasteiger charge is 2.14. The Bertz CT molecular complexity index is 1540. The van der Waals surface area contributed by atoms with E-state index in [4.69, 9.17) is 9.15 Å². The predicted octanol–water partition coefficient (Wildman–Crippen LogP) is 7.82. The van der Waals surface area contributed by atoms with Gasteiger partial charge in [0.05, 0.1) is 0 Å². The van der Waals surface area contributed by atoms with Gasteiger partial charge < -0.3 is 19.2 Å². The van der Waals surface area contributed by atoms with Crippen molar-refractivity contribution in [2.45, 2.75) is 20.3 Å². The summed E-state index contributed by atoms with van der Waals surface area (Å²) < 4.78 is 10.4. The van der Waals surface area contributed by atoms with Crippen molar-refractivity contribution in [1.82, 2.24) is 4.90 Å². The predicted molar refractivity (Wildman–Crippen MR) is 168 cm³/mol. The number of halogens is 1. The number of rotatable bonds is 6. The highest BCUT2D eigenvalue weighted by molar-refractivity contribution is 5.93. The van der Waals surface area contributed by atoms with Crippen LogP contribution >= 0.6 is 12.4 Å². The van der Waals surface area contributed by atoms with Crippen LogP contribution in [-0.2, 0) is 0 Å². The second-order valence-corrected chi connectivity index (χ2v) is 9.92. The molecule has 0 aliphatic heterocycles. The molecule has 0 bridgehead atoms. The van der Waals surface area contributed by atoms with E-state index in [1.165, 1.54) is 46.0 Å². The normalized spacial score (nSPS) is 11.4. The number of hydrogen-bond donors (Lipinski definition) is 1. The lowest BCUT2D eigenvalue weighted by Gasteiger charge is -2.13. The molecule has 0 atom stereocenters. The van der Waals surface area contributed by atoms with E-state index in [1.807, 2.05) is 19.9 Å². The summed E-state index contributed by atoms with van der Waals surface area (Å²) >= 11 is 0. The molecule has 0 radical (unpaired) electrons. The van der Waals surface area contributed by atoms with Crippen LogP contribution in [0.3, 0.4) is 0 Å². The molecule has 1 heterocycles. The first-order valence-corrected chi connectivity index (χ1v) is 13.1. The van der Waals surface area contributed by atoms with Crippen LogP contribution in [0.4, 0.5) is 0 Å². The molecule has 1 aromatic heterocycles. The molecule has 0 fully saturated rings. The Balaban J connectivity index is 0.000000218. The summed E-state index contributed by atoms with van der Waals surface area (Å²) in [6, 6.07) is 23.2. The molecule has 5 nitrogen and oxygen atoms in total. The van der Waals surface area contributed by atoms with E-state index < -0.39 is 5.63 Å². The van der Waals surface area contributed by atoms with Crippen LogP contribution < -0.4 is 10.4 Å². The van der Waals surface area contributed by atoms with Crippen LogP contribution in [0.2, 0.25) is 0 Å². The Kier molecular flexibility index (Phi) is 10.9. The maximum atomic E-state index is 11.1. The Morgan fingerprint density at radius 2 is 1.55 bits per heavy atom. The first kappa shape index (κ1) is 30.5. The zero-order valence-corrected chi connectivity index (χ0v) is 24.2. The van der Waals surface area contributed by atoms with E-state index in [-0.39, 0.29) is 18.2 Å². The van der Waals surface area contributed by atoms with E-state index in [1.54, 1.807) is 6.07 Å². The smallest absolute Gasteiger partial charge is 0.336 e. The van der Waals surface area contributed by atoms with Crippen molar-refractivity contribution in [2.24, 2.45) is 0 Å². The topological polar surface area (TPSA) is 62.9 Å². The van der Waals surface area contributed by atoms with Gasteiger partial charge in [-0.1, -0.05) is 72.3 Å². The van der Waals surface area contributed by atoms with E-state index in [9.17, 15) is 9.90 Å². The number of hydrogen-bond acceptors (Lipinski definition) is 5. The Hall–Kier alpha value is -4.06. The van der Waals surface area contributed by atoms with Crippen LogP contribution in [0.15, 0.2) is 99.7 Å². The molecule has 5 rings (SSSR count). The van der Waals surface area contributed by atoms with Gasteiger partial charge in [-0.25, -0.2) is 4.79 Å². The van der Waals surface area contributed by atoms with Gasteiger partial charge in [0, 0.05) is 24.1 Å². The Morgan fingerprint density at radius 1 is 0.925 bits per heavy atom. The van der Waals surface area contributed by atoms with E-state index >= 15 is 0 Å². The molecule has 4 aromatic rings. The highest BCUT2D eigenvalue weighted by Crippen LogP contribution is 2.34. The summed E-state index contributed by atoms with van der Waals surface area (Å²) in [6.07, 6.45) is 9.78. The third-order valence-electron chi connectivity index (χ3n) is 6.30. The average molecular weight is 558 g/mol. The van der Waals surface area contributed by atoms with Gasteiger partial charge in [-0.2, -0.15) is 0 Å². The van der Waals surface area contributed by atoms with Crippen LogP contribution in [-0.4, -0.2) is 37.3 Å². The summed E-state index contributed by atoms with van der Waals surface area (Å²) in [5.41, 5.74) is 7.70. The van der Waals surface area contributed by atoms with Crippen molar-refractivity contribution in [3.8, 4) is 11.5 Å². The molecule has 0 amide bonds. The molecule has 0 saturated heterocycles. The standard InChI is InChI=1S/C20H21N.C14H14O4.ClH/c1-21(2)15-7-12-20-18-10-5-3-8-16(18)13-14-17-9-4-6-11-19(17)20;1-9(2)5-6-17-13-8-12-10(7-11(13)15)3-4-14(16)18-12;/h3-6,8-14H,7,15H2,1-2H3;3-5,7-8,15H,6H2,1-2H3;1H. The Morgan fingerprint density at radius 3 is 2.15 bits per heavy atom. The second kappa shape index (κ2) is 14.4. The lowest BCUT2D eigenvalue weighted by Crippen LogP contribution is -2.12. The molecule has 0 saturated carbocycles. The zero-order chi connectivity index (χ0) is 27.8. The van der Waals surface area contributed by atoms with Crippen molar-refractivity contribution in [3.05, 3.63) is 123 Å². The maximum Gasteiger partial charge on any atom is 0.336 e. The fourth-order valence-electron chi connectivity index (χ4n) is 4.29. The lowest BCUT2D eigenvalue weighted by atomic mass is 9.93. The second-order valence-electron chi connectivity index (χ2n) is 9.92. The number of benzene rings is 3. The SMILES string of the molecule is CC(C)=CCOc1cc2oc(=O)ccc2cc1O.CN(C)CCC=C1c2ccccc2C=Cc2ccccc21.Cl. The van der Waals surface area contributed by atoms with E-state index in [2.05, 4.69) is 85.8 Å². The molecule has 0 unspecified atom stereocenters. The molecule has 3 aromatic carbocycles. The zero-order valence-electron chi connectivity index (χ0n) is 23.4. The van der Waals surface area contributed by atoms with Gasteiger partial charge in [0.15, 0.2) is 11.5 Å². The summed E-state index contributed by atoms with van der Waals surface area (Å²) in [7, 11) is 4.24. The van der Waals surface area contributed by atoms with Crippen LogP contribution in [0.1, 0.15) is 42.5 Å². The number of phenolic OH excluding ortho intramolecular Hbond substituents is 1. The number of phenols is 1. The fourth-order valence-corrected chi connectivity index (χ4v) is 4.29. The number of aromatic hydroxyl groups is 1. The van der Waals surface area contributed by atoms with Crippen molar-refractivity contribution >= 4 is 41.1 Å². The molecule has 40 heavy (non-hydrogen) atoms. The van der Waals surface area contributed by atoms with Gasteiger partial charge in [-0.05, 0) is 80.4 Å².